The summed E-state index contributed by atoms with van der Waals surface area (Å²) in [5, 5.41) is 8.70. The molecular formula is C16H22ClN3O2. The van der Waals surface area contributed by atoms with Crippen LogP contribution >= 0.6 is 11.6 Å². The van der Waals surface area contributed by atoms with Gasteiger partial charge >= 0.3 is 6.03 Å². The summed E-state index contributed by atoms with van der Waals surface area (Å²) < 4.78 is 0. The van der Waals surface area contributed by atoms with Gasteiger partial charge in [0.25, 0.3) is 0 Å². The van der Waals surface area contributed by atoms with Crippen LogP contribution < -0.4 is 16.0 Å². The number of nitrogens with one attached hydrogen (secondary N) is 3. The molecule has 0 saturated heterocycles. The molecule has 0 aromatic heterocycles. The number of carbonyl (C=O) groups is 2. The van der Waals surface area contributed by atoms with E-state index in [2.05, 4.69) is 16.0 Å². The lowest BCUT2D eigenvalue weighted by molar-refractivity contribution is -0.118. The molecule has 3 amide bonds. The number of imide groups is 1. The molecule has 0 atom stereocenters. The number of hydrogen-bond acceptors (Lipinski definition) is 3. The van der Waals surface area contributed by atoms with Crippen LogP contribution in [0.15, 0.2) is 12.1 Å². The number of carbonyl (C=O) groups excluding carboxylic acids is 2. The van der Waals surface area contributed by atoms with E-state index >= 15 is 0 Å². The first-order valence-electron chi connectivity index (χ1n) is 7.56. The highest BCUT2D eigenvalue weighted by Gasteiger charge is 2.18. The molecule has 22 heavy (non-hydrogen) atoms. The second kappa shape index (κ2) is 7.49. The van der Waals surface area contributed by atoms with Crippen LogP contribution in [-0.2, 0) is 4.79 Å². The van der Waals surface area contributed by atoms with Crippen molar-refractivity contribution >= 4 is 29.2 Å². The first kappa shape index (κ1) is 16.6. The van der Waals surface area contributed by atoms with Crippen molar-refractivity contribution in [2.24, 2.45) is 0 Å². The maximum atomic E-state index is 11.8. The van der Waals surface area contributed by atoms with Crippen molar-refractivity contribution in [3.8, 4) is 0 Å². The first-order valence-corrected chi connectivity index (χ1v) is 7.94. The van der Waals surface area contributed by atoms with Crippen molar-refractivity contribution in [1.29, 1.82) is 0 Å². The summed E-state index contributed by atoms with van der Waals surface area (Å²) in [6.07, 6.45) is 4.23. The maximum Gasteiger partial charge on any atom is 0.321 e. The normalized spacial score (nSPS) is 14.7. The Morgan fingerprint density at radius 1 is 1.23 bits per heavy atom. The molecule has 0 heterocycles. The highest BCUT2D eigenvalue weighted by Crippen LogP contribution is 2.26. The van der Waals surface area contributed by atoms with Gasteiger partial charge in [0.1, 0.15) is 0 Å². The van der Waals surface area contributed by atoms with E-state index in [0.717, 1.165) is 42.5 Å². The number of hydrogen-bond donors (Lipinski definition) is 3. The molecule has 2 rings (SSSR count). The summed E-state index contributed by atoms with van der Waals surface area (Å²) in [5.74, 6) is -0.383. The monoisotopic (exact) mass is 323 g/mol. The smallest absolute Gasteiger partial charge is 0.321 e. The van der Waals surface area contributed by atoms with E-state index in [-0.39, 0.29) is 18.5 Å². The molecule has 5 nitrogen and oxygen atoms in total. The van der Waals surface area contributed by atoms with Gasteiger partial charge in [-0.1, -0.05) is 30.5 Å². The fraction of sp³-hybridized carbons (Fsp3) is 0.500. The molecule has 0 unspecified atom stereocenters. The van der Waals surface area contributed by atoms with Gasteiger partial charge in [0.05, 0.1) is 17.3 Å². The molecule has 6 heteroatoms. The minimum Gasteiger partial charge on any atom is -0.375 e. The van der Waals surface area contributed by atoms with Crippen molar-refractivity contribution in [2.45, 2.75) is 45.6 Å². The molecule has 0 radical (unpaired) electrons. The Balaban J connectivity index is 1.81. The Morgan fingerprint density at radius 2 is 1.91 bits per heavy atom. The number of aryl methyl sites for hydroxylation is 2. The summed E-state index contributed by atoms with van der Waals surface area (Å²) in [7, 11) is 0. The number of benzene rings is 1. The lowest BCUT2D eigenvalue weighted by atomic mass is 10.1. The van der Waals surface area contributed by atoms with Gasteiger partial charge in [0, 0.05) is 6.04 Å². The summed E-state index contributed by atoms with van der Waals surface area (Å²) in [6, 6.07) is 3.58. The molecule has 0 bridgehead atoms. The van der Waals surface area contributed by atoms with Gasteiger partial charge in [-0.05, 0) is 43.9 Å². The lowest BCUT2D eigenvalue weighted by Gasteiger charge is -2.14. The van der Waals surface area contributed by atoms with Gasteiger partial charge in [0.2, 0.25) is 5.91 Å². The number of rotatable bonds is 4. The van der Waals surface area contributed by atoms with Gasteiger partial charge in [0.15, 0.2) is 0 Å². The maximum absolute atomic E-state index is 11.8. The third-order valence-electron chi connectivity index (χ3n) is 3.80. The number of urea groups is 1. The highest BCUT2D eigenvalue weighted by molar-refractivity contribution is 6.33. The molecule has 0 spiro atoms. The Hall–Kier alpha value is -1.75. The average Bonchev–Trinajstić information content (AvgIpc) is 2.89. The third-order valence-corrected chi connectivity index (χ3v) is 4.10. The second-order valence-electron chi connectivity index (χ2n) is 5.80. The fourth-order valence-corrected chi connectivity index (χ4v) is 3.16. The van der Waals surface area contributed by atoms with E-state index in [9.17, 15) is 9.59 Å². The van der Waals surface area contributed by atoms with Crippen molar-refractivity contribution in [1.82, 2.24) is 10.6 Å². The minimum atomic E-state index is -0.426. The number of amides is 3. The first-order chi connectivity index (χ1) is 10.5. The summed E-state index contributed by atoms with van der Waals surface area (Å²) in [6.45, 7) is 3.89. The molecule has 1 aromatic carbocycles. The minimum absolute atomic E-state index is 0.00169. The summed E-state index contributed by atoms with van der Waals surface area (Å²) in [5.41, 5.74) is 2.75. The predicted octanol–water partition coefficient (Wildman–Crippen LogP) is 3.14. The van der Waals surface area contributed by atoms with Crippen molar-refractivity contribution in [3.63, 3.8) is 0 Å². The fourth-order valence-electron chi connectivity index (χ4n) is 2.77. The number of anilines is 1. The van der Waals surface area contributed by atoms with Gasteiger partial charge in [-0.2, -0.15) is 0 Å². The second-order valence-corrected chi connectivity index (χ2v) is 6.20. The van der Waals surface area contributed by atoms with E-state index in [1.54, 1.807) is 0 Å². The predicted molar refractivity (Wildman–Crippen MR) is 88.3 cm³/mol. The van der Waals surface area contributed by atoms with E-state index in [4.69, 9.17) is 11.6 Å². The van der Waals surface area contributed by atoms with Crippen molar-refractivity contribution in [2.75, 3.05) is 11.9 Å². The topological polar surface area (TPSA) is 70.2 Å². The Morgan fingerprint density at radius 3 is 2.55 bits per heavy atom. The van der Waals surface area contributed by atoms with E-state index in [0.29, 0.717) is 5.02 Å². The van der Waals surface area contributed by atoms with Crippen LogP contribution in [0, 0.1) is 13.8 Å². The zero-order valence-corrected chi connectivity index (χ0v) is 13.7. The molecule has 1 aliphatic carbocycles. The van der Waals surface area contributed by atoms with Crippen LogP contribution in [0.2, 0.25) is 5.02 Å². The molecule has 1 fully saturated rings. The largest absolute Gasteiger partial charge is 0.375 e. The molecule has 1 aromatic rings. The SMILES string of the molecule is Cc1cc(C)c(NCC(=O)NC(=O)NC2CCCC2)c(Cl)c1. The Labute approximate surface area is 135 Å². The van der Waals surface area contributed by atoms with Crippen LogP contribution in [0.4, 0.5) is 10.5 Å². The number of halogens is 1. The zero-order chi connectivity index (χ0) is 16.1. The Bertz CT molecular complexity index is 546. The van der Waals surface area contributed by atoms with E-state index in [1.807, 2.05) is 26.0 Å². The highest BCUT2D eigenvalue weighted by atomic mass is 35.5. The van der Waals surface area contributed by atoms with Crippen LogP contribution in [0.5, 0.6) is 0 Å². The van der Waals surface area contributed by atoms with E-state index in [1.165, 1.54) is 0 Å². The molecule has 1 aliphatic rings. The van der Waals surface area contributed by atoms with Crippen LogP contribution in [0.3, 0.4) is 0 Å². The summed E-state index contributed by atoms with van der Waals surface area (Å²) >= 11 is 6.16. The van der Waals surface area contributed by atoms with Crippen LogP contribution in [-0.4, -0.2) is 24.5 Å². The van der Waals surface area contributed by atoms with Gasteiger partial charge in [-0.3, -0.25) is 10.1 Å². The van der Waals surface area contributed by atoms with E-state index < -0.39 is 6.03 Å². The molecule has 1 saturated carbocycles. The quantitative estimate of drug-likeness (QED) is 0.797. The Kier molecular flexibility index (Phi) is 5.66. The third kappa shape index (κ3) is 4.63. The molecule has 3 N–H and O–H groups in total. The van der Waals surface area contributed by atoms with Gasteiger partial charge in [-0.15, -0.1) is 0 Å². The molecule has 0 aliphatic heterocycles. The average molecular weight is 324 g/mol. The van der Waals surface area contributed by atoms with Gasteiger partial charge in [-0.25, -0.2) is 4.79 Å². The van der Waals surface area contributed by atoms with Crippen LogP contribution in [0.1, 0.15) is 36.8 Å². The molecular weight excluding hydrogens is 302 g/mol. The van der Waals surface area contributed by atoms with Gasteiger partial charge < -0.3 is 10.6 Å². The molecule has 120 valence electrons. The standard InChI is InChI=1S/C16H22ClN3O2/c1-10-7-11(2)15(13(17)8-10)18-9-14(21)20-16(22)19-12-5-3-4-6-12/h7-8,12,18H,3-6,9H2,1-2H3,(H2,19,20,21,22). The van der Waals surface area contributed by atoms with Crippen LogP contribution in [0.25, 0.3) is 0 Å². The van der Waals surface area contributed by atoms with Crippen molar-refractivity contribution < 1.29 is 9.59 Å². The zero-order valence-electron chi connectivity index (χ0n) is 13.0. The van der Waals surface area contributed by atoms with Crippen molar-refractivity contribution in [3.05, 3.63) is 28.3 Å². The summed E-state index contributed by atoms with van der Waals surface area (Å²) in [4.78, 5) is 23.5. The lowest BCUT2D eigenvalue weighted by Crippen LogP contribution is -2.45.